The number of benzene rings is 12. The smallest absolute Gasteiger partial charge is 0.178 e. The fraction of sp³-hybridized carbons (Fsp3) is 0.234. The Bertz CT molecular complexity index is 7910. The van der Waals surface area contributed by atoms with E-state index in [1.807, 2.05) is 110 Å². The molecule has 0 radical (unpaired) electrons. The average molecular weight is 1940 g/mol. The van der Waals surface area contributed by atoms with Crippen LogP contribution in [0.15, 0.2) is 345 Å². The average Bonchev–Trinajstić information content (AvgIpc) is 1.60. The van der Waals surface area contributed by atoms with Gasteiger partial charge in [-0.15, -0.1) is 0 Å². The molecule has 5 aliphatic heterocycles. The lowest BCUT2D eigenvalue weighted by Gasteiger charge is -2.33. The molecule has 27 rings (SSSR count). The number of pyridine rings is 3. The Morgan fingerprint density at radius 2 is 0.432 bits per heavy atom. The molecule has 22 aromatic rings. The second kappa shape index (κ2) is 39.9. The van der Waals surface area contributed by atoms with Crippen molar-refractivity contribution in [3.63, 3.8) is 0 Å². The molecule has 22 nitrogen and oxygen atoms in total. The fourth-order valence-corrected chi connectivity index (χ4v) is 22.4. The molecule has 5 aliphatic rings. The molecule has 12 aromatic carbocycles. The number of hydrogen-bond acceptors (Lipinski definition) is 22. The fourth-order valence-electron chi connectivity index (χ4n) is 22.4. The van der Waals surface area contributed by atoms with E-state index in [1.54, 1.807) is 24.8 Å². The Hall–Kier alpha value is -16.8. The van der Waals surface area contributed by atoms with Crippen LogP contribution in [0, 0.1) is 34.6 Å². The van der Waals surface area contributed by atoms with Crippen LogP contribution in [0.4, 0.5) is 97.6 Å². The maximum Gasteiger partial charge on any atom is 0.178 e. The molecule has 0 saturated carbocycles. The third-order valence-corrected chi connectivity index (χ3v) is 28.4. The highest BCUT2D eigenvalue weighted by Crippen LogP contribution is 2.56. The van der Waals surface area contributed by atoms with Crippen molar-refractivity contribution in [1.29, 1.82) is 0 Å². The van der Waals surface area contributed by atoms with Gasteiger partial charge >= 0.3 is 0 Å². The van der Waals surface area contributed by atoms with Crippen molar-refractivity contribution in [1.82, 2.24) is 34.9 Å². The summed E-state index contributed by atoms with van der Waals surface area (Å²) >= 11 is 0. The summed E-state index contributed by atoms with van der Waals surface area (Å²) < 4.78 is 31.8. The summed E-state index contributed by atoms with van der Waals surface area (Å²) in [4.78, 5) is 56.1. The van der Waals surface area contributed by atoms with Crippen molar-refractivity contribution in [2.24, 2.45) is 0 Å². The third kappa shape index (κ3) is 16.2. The molecule has 22 heteroatoms. The van der Waals surface area contributed by atoms with Gasteiger partial charge in [-0.2, -0.15) is 0 Å². The Morgan fingerprint density at radius 3 is 0.753 bits per heavy atom. The van der Waals surface area contributed by atoms with Gasteiger partial charge in [0.25, 0.3) is 0 Å². The molecule has 0 N–H and O–H groups in total. The summed E-state index contributed by atoms with van der Waals surface area (Å²) in [6.45, 7) is 35.0. The monoisotopic (exact) mass is 1940 g/mol. The van der Waals surface area contributed by atoms with Crippen LogP contribution in [0.3, 0.4) is 0 Å². The first-order valence-corrected chi connectivity index (χ1v) is 48.7. The lowest BCUT2D eigenvalue weighted by atomic mass is 10.1. The van der Waals surface area contributed by atoms with E-state index in [1.165, 1.54) is 22.4 Å². The van der Waals surface area contributed by atoms with E-state index < -0.39 is 0 Å². The second-order valence-electron chi connectivity index (χ2n) is 37.9. The molecule has 0 bridgehead atoms. The van der Waals surface area contributed by atoms with Crippen molar-refractivity contribution in [3.8, 4) is 0 Å². The van der Waals surface area contributed by atoms with Gasteiger partial charge in [-0.25, -0.2) is 34.9 Å². The lowest BCUT2D eigenvalue weighted by Crippen LogP contribution is -2.42. The van der Waals surface area contributed by atoms with Gasteiger partial charge in [0.15, 0.2) is 68.6 Å². The SMILES string of the molecule is C.C.C.C.C.Cc1ccc2c(oc3ccccc32)c1N1c2cccnc2N(c2ccccc2)C1C.Cc1ccc2c(oc3ccccc32)c1N1c2ncccc2N(C(C)C)C1C.Cc1ccc2c(oc3ccccc32)c1N1c2ncccc2N(c2ccccc2)C1C.Cc1ccc2c(oc3ccccc32)c1N1c2nccnc2N(C(C)C)C1C.Cc1ccc2c(oc3ccccc32)c1N1c2nccnc2N(C(C)C)C1C. The standard InChI is InChI=1S/2C26H21N3O.C23H23N3O.2C22H22N4O.5CH4/c1-17-14-15-21-20-11-6-7-13-23(20)30-25(21)24(17)29-18(2)28(19-9-4-3-5-10-19)26-22(29)12-8-16-27-26;1-17-14-15-21-20-11-6-7-13-23(20)30-25(21)24(17)29-18(2)28(19-9-4-3-5-10-19)22-12-8-16-27-26(22)29;1-14(2)25-16(4)26(23-19(25)9-7-13-24-23)21-15(3)11-12-18-17-8-5-6-10-20(17)27-22(18)21;2*1-13(2)25-15(4)26(22-21(25)23-11-12-24-22)19-14(3)9-10-17-16-7-5-6-8-18(16)27-20(17)19;;;;;/h2*3-16,18H,1-2H3;5-14,16H,1-4H3;2*5-13,15H,1-4H3;5*1H4. The topological polar surface area (TPSA) is 188 Å². The minimum Gasteiger partial charge on any atom is -0.454 e. The number of furan rings is 5. The molecule has 0 aliphatic carbocycles. The van der Waals surface area contributed by atoms with Crippen molar-refractivity contribution < 1.29 is 22.1 Å². The van der Waals surface area contributed by atoms with E-state index in [0.717, 1.165) is 213 Å². The van der Waals surface area contributed by atoms with Gasteiger partial charge in [0, 0.05) is 127 Å². The summed E-state index contributed by atoms with van der Waals surface area (Å²) in [6, 6.07) is 97.2. The molecule has 5 atom stereocenters. The summed E-state index contributed by atoms with van der Waals surface area (Å²) in [7, 11) is 0. The van der Waals surface area contributed by atoms with Crippen molar-refractivity contribution in [2.75, 3.05) is 49.0 Å². The molecule has 10 aromatic heterocycles. The summed E-state index contributed by atoms with van der Waals surface area (Å²) in [5, 5.41) is 11.4. The minimum absolute atomic E-state index is 0. The molecule has 0 saturated heterocycles. The quantitative estimate of drug-likeness (QED) is 0.126. The summed E-state index contributed by atoms with van der Waals surface area (Å²) in [6.07, 6.45) is 13.1. The van der Waals surface area contributed by atoms with E-state index in [9.17, 15) is 0 Å². The van der Waals surface area contributed by atoms with Crippen LogP contribution in [0.2, 0.25) is 0 Å². The summed E-state index contributed by atoms with van der Waals surface area (Å²) in [5.41, 5.74) is 26.1. The van der Waals surface area contributed by atoms with Crippen LogP contribution in [-0.2, 0) is 0 Å². The van der Waals surface area contributed by atoms with Crippen molar-refractivity contribution >= 4 is 207 Å². The first kappa shape index (κ1) is 99.4. The van der Waals surface area contributed by atoms with Crippen LogP contribution in [-0.4, -0.2) is 83.8 Å². The van der Waals surface area contributed by atoms with Gasteiger partial charge in [0.2, 0.25) is 0 Å². The highest BCUT2D eigenvalue weighted by molar-refractivity contribution is 6.16. The normalized spacial score (nSPS) is 15.8. The van der Waals surface area contributed by atoms with Gasteiger partial charge in [0.05, 0.1) is 45.5 Å². The number of anilines is 17. The number of aromatic nitrogens is 7. The van der Waals surface area contributed by atoms with E-state index >= 15 is 0 Å². The maximum atomic E-state index is 6.40. The number of hydrogen-bond donors (Lipinski definition) is 0. The highest BCUT2D eigenvalue weighted by atomic mass is 16.3. The zero-order chi connectivity index (χ0) is 96.6. The number of para-hydroxylation sites is 7. The molecule has 0 spiro atoms. The second-order valence-corrected chi connectivity index (χ2v) is 37.9. The number of rotatable bonds is 10. The van der Waals surface area contributed by atoms with Crippen LogP contribution in [0.5, 0.6) is 0 Å². The van der Waals surface area contributed by atoms with E-state index in [4.69, 9.17) is 37.0 Å². The molecule has 740 valence electrons. The zero-order valence-corrected chi connectivity index (χ0v) is 81.9. The Kier molecular flexibility index (Phi) is 27.1. The van der Waals surface area contributed by atoms with Crippen LogP contribution >= 0.6 is 0 Å². The molecule has 5 unspecified atom stereocenters. The molecule has 146 heavy (non-hydrogen) atoms. The maximum absolute atomic E-state index is 6.40. The number of fused-ring (bicyclic) bond motifs is 20. The Morgan fingerprint density at radius 1 is 0.199 bits per heavy atom. The lowest BCUT2D eigenvalue weighted by molar-refractivity contribution is 0.598. The molecule has 0 amide bonds. The zero-order valence-electron chi connectivity index (χ0n) is 81.9. The van der Waals surface area contributed by atoms with Crippen molar-refractivity contribution in [2.45, 2.75) is 197 Å². The van der Waals surface area contributed by atoms with Crippen LogP contribution in [0.25, 0.3) is 110 Å². The first-order chi connectivity index (χ1) is 68.7. The van der Waals surface area contributed by atoms with Gasteiger partial charge < -0.3 is 56.4 Å². The van der Waals surface area contributed by atoms with E-state index in [-0.39, 0.29) is 68.0 Å². The summed E-state index contributed by atoms with van der Waals surface area (Å²) in [5.74, 6) is 6.52. The van der Waals surface area contributed by atoms with Gasteiger partial charge in [-0.05, 0) is 230 Å². The first-order valence-electron chi connectivity index (χ1n) is 48.7. The molecule has 15 heterocycles. The highest BCUT2D eigenvalue weighted by Gasteiger charge is 2.45. The molecular formula is C124H129N17O5. The van der Waals surface area contributed by atoms with E-state index in [0.29, 0.717) is 18.1 Å². The van der Waals surface area contributed by atoms with E-state index in [2.05, 4.69) is 368 Å². The Balaban J connectivity index is 0.000000119. The molecular weight excluding hydrogens is 1810 g/mol. The van der Waals surface area contributed by atoms with Crippen molar-refractivity contribution in [3.05, 3.63) is 350 Å². The van der Waals surface area contributed by atoms with Gasteiger partial charge in [-0.1, -0.05) is 225 Å². The number of nitrogens with zero attached hydrogens (tertiary/aromatic N) is 17. The minimum atomic E-state index is 0. The Labute approximate surface area is 855 Å². The predicted octanol–water partition coefficient (Wildman–Crippen LogP) is 33.8. The van der Waals surface area contributed by atoms with Crippen LogP contribution < -0.4 is 49.0 Å². The largest absolute Gasteiger partial charge is 0.454 e. The third-order valence-electron chi connectivity index (χ3n) is 28.4. The number of aryl methyl sites for hydroxylation is 5. The molecule has 0 fully saturated rings. The van der Waals surface area contributed by atoms with Gasteiger partial charge in [-0.3, -0.25) is 14.7 Å². The predicted molar refractivity (Wildman–Crippen MR) is 611 cm³/mol. The van der Waals surface area contributed by atoms with Crippen LogP contribution in [0.1, 0.15) is 141 Å². The van der Waals surface area contributed by atoms with Gasteiger partial charge in [0.1, 0.15) is 58.7 Å².